The van der Waals surface area contributed by atoms with Gasteiger partial charge in [0.15, 0.2) is 6.29 Å². The molecule has 3 nitrogen and oxygen atoms in total. The van der Waals surface area contributed by atoms with Crippen molar-refractivity contribution in [3.05, 3.63) is 0 Å². The smallest absolute Gasteiger partial charge is 0.154 e. The van der Waals surface area contributed by atoms with Crippen LogP contribution in [0, 0.1) is 5.41 Å². The molecule has 0 aromatic carbocycles. The summed E-state index contributed by atoms with van der Waals surface area (Å²) in [5, 5.41) is 0. The third-order valence-corrected chi connectivity index (χ3v) is 3.13. The highest BCUT2D eigenvalue weighted by atomic mass is 16.7. The molecule has 0 aliphatic carbocycles. The van der Waals surface area contributed by atoms with E-state index in [0.29, 0.717) is 0 Å². The van der Waals surface area contributed by atoms with Gasteiger partial charge in [-0.15, -0.1) is 0 Å². The van der Waals surface area contributed by atoms with E-state index in [4.69, 9.17) is 14.2 Å². The Hall–Kier alpha value is -0.120. The maximum absolute atomic E-state index is 5.51. The highest BCUT2D eigenvalue weighted by Crippen LogP contribution is 2.33. The van der Waals surface area contributed by atoms with Crippen LogP contribution < -0.4 is 0 Å². The van der Waals surface area contributed by atoms with Crippen molar-refractivity contribution in [1.29, 1.82) is 0 Å². The van der Waals surface area contributed by atoms with E-state index in [2.05, 4.69) is 13.8 Å². The van der Waals surface area contributed by atoms with Crippen molar-refractivity contribution in [3.8, 4) is 0 Å². The van der Waals surface area contributed by atoms with Gasteiger partial charge in [0.05, 0.1) is 19.3 Å². The minimum absolute atomic E-state index is 0.0429. The Kier molecular flexibility index (Phi) is 3.71. The van der Waals surface area contributed by atoms with Crippen LogP contribution in [0.4, 0.5) is 0 Å². The molecule has 78 valence electrons. The molecular formula is C10H20O3. The van der Waals surface area contributed by atoms with Crippen LogP contribution in [0.5, 0.6) is 0 Å². The van der Waals surface area contributed by atoms with E-state index in [1.54, 1.807) is 7.11 Å². The van der Waals surface area contributed by atoms with Gasteiger partial charge >= 0.3 is 0 Å². The Morgan fingerprint density at radius 2 is 2.00 bits per heavy atom. The summed E-state index contributed by atoms with van der Waals surface area (Å²) in [6.45, 7) is 7.63. The summed E-state index contributed by atoms with van der Waals surface area (Å²) >= 11 is 0. The van der Waals surface area contributed by atoms with Crippen molar-refractivity contribution in [2.45, 2.75) is 39.6 Å². The lowest BCUT2D eigenvalue weighted by molar-refractivity contribution is -0.243. The largest absolute Gasteiger partial charge is 0.381 e. The van der Waals surface area contributed by atoms with Crippen LogP contribution in [0.2, 0.25) is 0 Å². The van der Waals surface area contributed by atoms with Crippen LogP contribution in [-0.4, -0.2) is 32.7 Å². The molecule has 1 fully saturated rings. The minimum Gasteiger partial charge on any atom is -0.381 e. The van der Waals surface area contributed by atoms with Gasteiger partial charge in [0.25, 0.3) is 0 Å². The van der Waals surface area contributed by atoms with Crippen molar-refractivity contribution in [3.63, 3.8) is 0 Å². The minimum atomic E-state index is -0.0660. The van der Waals surface area contributed by atoms with E-state index in [1.807, 2.05) is 6.92 Å². The molecule has 0 spiro atoms. The highest BCUT2D eigenvalue weighted by Gasteiger charge is 2.39. The molecule has 3 heteroatoms. The lowest BCUT2D eigenvalue weighted by Crippen LogP contribution is -2.47. The fourth-order valence-electron chi connectivity index (χ4n) is 1.63. The molecule has 0 radical (unpaired) electrons. The second-order valence-electron chi connectivity index (χ2n) is 3.78. The molecule has 0 amide bonds. The summed E-state index contributed by atoms with van der Waals surface area (Å²) < 4.78 is 16.4. The van der Waals surface area contributed by atoms with Gasteiger partial charge in [-0.1, -0.05) is 6.92 Å². The first-order valence-corrected chi connectivity index (χ1v) is 4.90. The van der Waals surface area contributed by atoms with E-state index in [-0.39, 0.29) is 17.8 Å². The Labute approximate surface area is 80.4 Å². The summed E-state index contributed by atoms with van der Waals surface area (Å²) in [6, 6.07) is 0. The molecule has 1 unspecified atom stereocenters. The molecule has 1 atom stereocenters. The van der Waals surface area contributed by atoms with E-state index < -0.39 is 0 Å². The summed E-state index contributed by atoms with van der Waals surface area (Å²) in [7, 11) is 1.74. The van der Waals surface area contributed by atoms with E-state index >= 15 is 0 Å². The summed E-state index contributed by atoms with van der Waals surface area (Å²) in [5.41, 5.74) is 0.0429. The van der Waals surface area contributed by atoms with Gasteiger partial charge in [-0.05, 0) is 20.3 Å². The zero-order chi connectivity index (χ0) is 9.90. The number of hydrogen-bond donors (Lipinski definition) is 0. The molecule has 0 saturated carbocycles. The van der Waals surface area contributed by atoms with Crippen molar-refractivity contribution in [2.24, 2.45) is 5.41 Å². The van der Waals surface area contributed by atoms with Crippen molar-refractivity contribution < 1.29 is 14.2 Å². The van der Waals surface area contributed by atoms with Crippen LogP contribution in [-0.2, 0) is 14.2 Å². The number of hydrogen-bond acceptors (Lipinski definition) is 3. The first kappa shape index (κ1) is 11.0. The van der Waals surface area contributed by atoms with Gasteiger partial charge in [-0.2, -0.15) is 0 Å². The molecular weight excluding hydrogens is 168 g/mol. The Morgan fingerprint density at radius 3 is 2.38 bits per heavy atom. The average Bonchev–Trinajstić information content (AvgIpc) is 2.18. The molecule has 0 aromatic rings. The molecule has 1 aliphatic heterocycles. The third-order valence-electron chi connectivity index (χ3n) is 3.13. The molecule has 1 aliphatic rings. The topological polar surface area (TPSA) is 27.7 Å². The Morgan fingerprint density at radius 1 is 1.46 bits per heavy atom. The number of ether oxygens (including phenoxy) is 3. The number of rotatable bonds is 3. The molecule has 0 N–H and O–H groups in total. The fraction of sp³-hybridized carbons (Fsp3) is 1.00. The Bertz CT molecular complexity index is 150. The van der Waals surface area contributed by atoms with E-state index in [0.717, 1.165) is 19.6 Å². The van der Waals surface area contributed by atoms with Gasteiger partial charge in [-0.25, -0.2) is 0 Å². The lowest BCUT2D eigenvalue weighted by Gasteiger charge is -2.41. The van der Waals surface area contributed by atoms with Crippen LogP contribution in [0.1, 0.15) is 27.2 Å². The van der Waals surface area contributed by atoms with Gasteiger partial charge in [0.1, 0.15) is 0 Å². The zero-order valence-electron chi connectivity index (χ0n) is 9.00. The molecule has 13 heavy (non-hydrogen) atoms. The quantitative estimate of drug-likeness (QED) is 0.676. The van der Waals surface area contributed by atoms with Crippen LogP contribution in [0.3, 0.4) is 0 Å². The standard InChI is InChI=1S/C10H20O3/c1-5-10(8(2)11-4)6-12-9(3)13-7-10/h8-9H,5-7H2,1-4H3. The lowest BCUT2D eigenvalue weighted by atomic mass is 9.81. The average molecular weight is 188 g/mol. The predicted molar refractivity (Wildman–Crippen MR) is 50.6 cm³/mol. The molecule has 1 saturated heterocycles. The van der Waals surface area contributed by atoms with Crippen LogP contribution in [0.15, 0.2) is 0 Å². The van der Waals surface area contributed by atoms with E-state index in [1.165, 1.54) is 0 Å². The first-order chi connectivity index (χ1) is 6.14. The van der Waals surface area contributed by atoms with Crippen molar-refractivity contribution in [2.75, 3.05) is 20.3 Å². The third kappa shape index (κ3) is 2.22. The maximum atomic E-state index is 5.51. The molecule has 1 heterocycles. The van der Waals surface area contributed by atoms with Crippen molar-refractivity contribution in [1.82, 2.24) is 0 Å². The molecule has 0 aromatic heterocycles. The predicted octanol–water partition coefficient (Wildman–Crippen LogP) is 1.81. The van der Waals surface area contributed by atoms with Crippen molar-refractivity contribution >= 4 is 0 Å². The SMILES string of the molecule is CCC1(C(C)OC)COC(C)OC1. The Balaban J connectivity index is 2.60. The summed E-state index contributed by atoms with van der Waals surface area (Å²) in [5.74, 6) is 0. The fourth-order valence-corrected chi connectivity index (χ4v) is 1.63. The molecule has 0 bridgehead atoms. The van der Waals surface area contributed by atoms with Crippen LogP contribution >= 0.6 is 0 Å². The summed E-state index contributed by atoms with van der Waals surface area (Å²) in [6.07, 6.45) is 1.14. The molecule has 1 rings (SSSR count). The maximum Gasteiger partial charge on any atom is 0.154 e. The van der Waals surface area contributed by atoms with Gasteiger partial charge in [0, 0.05) is 12.5 Å². The normalized spacial score (nSPS) is 37.4. The van der Waals surface area contributed by atoms with Gasteiger partial charge in [0.2, 0.25) is 0 Å². The number of methoxy groups -OCH3 is 1. The van der Waals surface area contributed by atoms with Gasteiger partial charge in [-0.3, -0.25) is 0 Å². The van der Waals surface area contributed by atoms with Gasteiger partial charge < -0.3 is 14.2 Å². The van der Waals surface area contributed by atoms with E-state index in [9.17, 15) is 0 Å². The monoisotopic (exact) mass is 188 g/mol. The zero-order valence-corrected chi connectivity index (χ0v) is 9.00. The second-order valence-corrected chi connectivity index (χ2v) is 3.78. The highest BCUT2D eigenvalue weighted by molar-refractivity contribution is 4.85. The summed E-state index contributed by atoms with van der Waals surface area (Å²) in [4.78, 5) is 0. The first-order valence-electron chi connectivity index (χ1n) is 4.90. The van der Waals surface area contributed by atoms with Crippen LogP contribution in [0.25, 0.3) is 0 Å². The second kappa shape index (κ2) is 4.40.